The number of aliphatic hydroxyl groups excluding tert-OH is 1. The first-order valence-corrected chi connectivity index (χ1v) is 11.7. The third-order valence-corrected chi connectivity index (χ3v) is 6.24. The predicted molar refractivity (Wildman–Crippen MR) is 129 cm³/mol. The highest BCUT2D eigenvalue weighted by Gasteiger charge is 2.27. The summed E-state index contributed by atoms with van der Waals surface area (Å²) in [6.07, 6.45) is 3.55. The number of fused-ring (bicyclic) bond motifs is 1. The van der Waals surface area contributed by atoms with Crippen molar-refractivity contribution in [3.63, 3.8) is 0 Å². The Morgan fingerprint density at radius 3 is 2.42 bits per heavy atom. The van der Waals surface area contributed by atoms with Crippen LogP contribution < -0.4 is 15.0 Å². The molecule has 0 spiro atoms. The van der Waals surface area contributed by atoms with Crippen LogP contribution in [0.4, 0.5) is 11.4 Å². The predicted octanol–water partition coefficient (Wildman–Crippen LogP) is 3.89. The number of aliphatic hydroxyl groups is 1. The monoisotopic (exact) mass is 449 g/mol. The molecule has 2 aromatic rings. The molecule has 1 saturated heterocycles. The van der Waals surface area contributed by atoms with Gasteiger partial charge in [0.1, 0.15) is 5.75 Å². The number of benzene rings is 2. The highest BCUT2D eigenvalue weighted by Crippen LogP contribution is 2.33. The number of carbonyl (C=O) groups excluding carboxylic acids is 2. The second-order valence-electron chi connectivity index (χ2n) is 8.35. The summed E-state index contributed by atoms with van der Waals surface area (Å²) in [5, 5.41) is 13.2. The van der Waals surface area contributed by atoms with Crippen LogP contribution in [0.5, 0.6) is 5.75 Å². The largest absolute Gasteiger partial charge is 0.460 e. The molecule has 0 bridgehead atoms. The van der Waals surface area contributed by atoms with Gasteiger partial charge in [0.2, 0.25) is 6.29 Å². The summed E-state index contributed by atoms with van der Waals surface area (Å²) < 4.78 is 5.65. The van der Waals surface area contributed by atoms with Crippen molar-refractivity contribution in [2.45, 2.75) is 39.4 Å². The van der Waals surface area contributed by atoms with Crippen LogP contribution in [0.15, 0.2) is 48.0 Å². The summed E-state index contributed by atoms with van der Waals surface area (Å²) >= 11 is 0. The lowest BCUT2D eigenvalue weighted by molar-refractivity contribution is -0.115. The van der Waals surface area contributed by atoms with E-state index in [0.717, 1.165) is 50.3 Å². The first-order chi connectivity index (χ1) is 16.0. The van der Waals surface area contributed by atoms with Gasteiger partial charge in [-0.15, -0.1) is 0 Å². The van der Waals surface area contributed by atoms with Crippen molar-refractivity contribution in [2.24, 2.45) is 0 Å². The number of nitrogens with zero attached hydrogens (tertiary/aromatic N) is 2. The molecule has 7 nitrogen and oxygen atoms in total. The molecule has 2 amide bonds. The third kappa shape index (κ3) is 5.03. The Hall–Kier alpha value is -3.32. The van der Waals surface area contributed by atoms with E-state index < -0.39 is 12.2 Å². The van der Waals surface area contributed by atoms with Crippen LogP contribution in [-0.2, 0) is 4.79 Å². The van der Waals surface area contributed by atoms with Crippen molar-refractivity contribution < 1.29 is 19.4 Å². The molecular formula is C26H31N3O4. The Morgan fingerprint density at radius 1 is 1.06 bits per heavy atom. The van der Waals surface area contributed by atoms with Crippen molar-refractivity contribution in [1.29, 1.82) is 0 Å². The Morgan fingerprint density at radius 2 is 1.76 bits per heavy atom. The quantitative estimate of drug-likeness (QED) is 0.699. The van der Waals surface area contributed by atoms with Crippen LogP contribution in [0.3, 0.4) is 0 Å². The van der Waals surface area contributed by atoms with Gasteiger partial charge in [-0.3, -0.25) is 9.59 Å². The fourth-order valence-corrected chi connectivity index (χ4v) is 4.31. The van der Waals surface area contributed by atoms with Gasteiger partial charge in [-0.2, -0.15) is 0 Å². The zero-order chi connectivity index (χ0) is 23.4. The number of carbonyl (C=O) groups is 2. The minimum atomic E-state index is -1.36. The molecule has 33 heavy (non-hydrogen) atoms. The maximum atomic E-state index is 12.8. The Labute approximate surface area is 194 Å². The van der Waals surface area contributed by atoms with Crippen LogP contribution in [0.1, 0.15) is 49.0 Å². The number of anilines is 2. The molecule has 2 aromatic carbocycles. The van der Waals surface area contributed by atoms with E-state index in [9.17, 15) is 14.7 Å². The lowest BCUT2D eigenvalue weighted by Crippen LogP contribution is -2.35. The second-order valence-corrected chi connectivity index (χ2v) is 8.35. The van der Waals surface area contributed by atoms with E-state index in [2.05, 4.69) is 24.1 Å². The number of hydrogen-bond acceptors (Lipinski definition) is 5. The number of ether oxygens (including phenoxy) is 1. The number of hydrogen-bond donors (Lipinski definition) is 2. The normalized spacial score (nSPS) is 17.5. The zero-order valence-corrected chi connectivity index (χ0v) is 19.2. The van der Waals surface area contributed by atoms with E-state index in [0.29, 0.717) is 17.0 Å². The van der Waals surface area contributed by atoms with Crippen molar-refractivity contribution in [3.05, 3.63) is 59.2 Å². The summed E-state index contributed by atoms with van der Waals surface area (Å²) in [5.41, 5.74) is 3.03. The minimum Gasteiger partial charge on any atom is -0.460 e. The molecule has 1 unspecified atom stereocenters. The molecule has 0 radical (unpaired) electrons. The van der Waals surface area contributed by atoms with Gasteiger partial charge in [0.15, 0.2) is 0 Å². The molecule has 0 aromatic heterocycles. The van der Waals surface area contributed by atoms with Crippen LogP contribution >= 0.6 is 0 Å². The summed E-state index contributed by atoms with van der Waals surface area (Å²) in [4.78, 5) is 29.5. The summed E-state index contributed by atoms with van der Waals surface area (Å²) in [6, 6.07) is 12.6. The van der Waals surface area contributed by atoms with Gasteiger partial charge < -0.3 is 25.0 Å². The Kier molecular flexibility index (Phi) is 6.99. The van der Waals surface area contributed by atoms with E-state index in [4.69, 9.17) is 4.74 Å². The van der Waals surface area contributed by atoms with Gasteiger partial charge in [-0.05, 0) is 75.6 Å². The van der Waals surface area contributed by atoms with Crippen LogP contribution in [0.2, 0.25) is 0 Å². The molecule has 7 heteroatoms. The van der Waals surface area contributed by atoms with Crippen LogP contribution in [0.25, 0.3) is 6.08 Å². The Bertz CT molecular complexity index is 1040. The fraction of sp³-hybridized carbons (Fsp3) is 0.385. The lowest BCUT2D eigenvalue weighted by atomic mass is 10.0. The van der Waals surface area contributed by atoms with Gasteiger partial charge >= 0.3 is 0 Å². The number of amides is 2. The van der Waals surface area contributed by atoms with Crippen LogP contribution in [0, 0.1) is 0 Å². The summed E-state index contributed by atoms with van der Waals surface area (Å²) in [5.74, 6) is 0.118. The minimum absolute atomic E-state index is 0.0204. The lowest BCUT2D eigenvalue weighted by Gasteiger charge is -2.27. The average Bonchev–Trinajstić information content (AvgIpc) is 2.85. The molecule has 2 aliphatic rings. The summed E-state index contributed by atoms with van der Waals surface area (Å²) in [6.45, 7) is 7.48. The van der Waals surface area contributed by atoms with Gasteiger partial charge in [0.25, 0.3) is 11.8 Å². The Balaban J connectivity index is 1.45. The number of nitrogens with one attached hydrogen (secondary N) is 1. The van der Waals surface area contributed by atoms with Gasteiger partial charge in [-0.25, -0.2) is 0 Å². The van der Waals surface area contributed by atoms with E-state index in [1.165, 1.54) is 6.42 Å². The van der Waals surface area contributed by atoms with E-state index in [1.807, 2.05) is 23.1 Å². The van der Waals surface area contributed by atoms with Crippen molar-refractivity contribution >= 4 is 29.3 Å². The maximum Gasteiger partial charge on any atom is 0.257 e. The number of rotatable bonds is 6. The molecule has 2 heterocycles. The second kappa shape index (κ2) is 10.1. The molecule has 4 rings (SSSR count). The summed E-state index contributed by atoms with van der Waals surface area (Å²) in [7, 11) is 0. The highest BCUT2D eigenvalue weighted by molar-refractivity contribution is 6.08. The zero-order valence-electron chi connectivity index (χ0n) is 19.2. The van der Waals surface area contributed by atoms with Crippen molar-refractivity contribution in [1.82, 2.24) is 4.90 Å². The molecule has 1 fully saturated rings. The first kappa shape index (κ1) is 22.9. The molecular weight excluding hydrogens is 418 g/mol. The average molecular weight is 450 g/mol. The molecule has 2 N–H and O–H groups in total. The van der Waals surface area contributed by atoms with Crippen molar-refractivity contribution in [2.75, 3.05) is 36.4 Å². The van der Waals surface area contributed by atoms with E-state index in [-0.39, 0.29) is 11.5 Å². The number of piperidine rings is 1. The molecule has 0 saturated carbocycles. The van der Waals surface area contributed by atoms with Gasteiger partial charge in [0.05, 0.1) is 5.57 Å². The van der Waals surface area contributed by atoms with Crippen molar-refractivity contribution in [3.8, 4) is 5.75 Å². The smallest absolute Gasteiger partial charge is 0.257 e. The van der Waals surface area contributed by atoms with E-state index >= 15 is 0 Å². The highest BCUT2D eigenvalue weighted by atomic mass is 16.6. The molecule has 174 valence electrons. The van der Waals surface area contributed by atoms with E-state index in [1.54, 1.807) is 30.3 Å². The first-order valence-electron chi connectivity index (χ1n) is 11.7. The molecule has 0 aliphatic carbocycles. The standard InChI is InChI=1S/C26H31N3O4/c1-3-28(4-2)21-13-10-19-16-22(26(32)33-23(19)17-21)24(30)27-20-11-8-18(9-12-20)25(31)29-14-6-5-7-15-29/h8-13,16-17,26,32H,3-7,14-15H2,1-2H3,(H,27,30). The SMILES string of the molecule is CCN(CC)c1ccc2c(c1)OC(O)C(C(=O)Nc1ccc(C(=O)N3CCCCC3)cc1)=C2. The van der Waals surface area contributed by atoms with Gasteiger partial charge in [0, 0.05) is 54.7 Å². The van der Waals surface area contributed by atoms with Gasteiger partial charge in [-0.1, -0.05) is 0 Å². The third-order valence-electron chi connectivity index (χ3n) is 6.24. The number of likely N-dealkylation sites (tertiary alicyclic amines) is 1. The maximum absolute atomic E-state index is 12.8. The molecule has 1 atom stereocenters. The van der Waals surface area contributed by atoms with Crippen LogP contribution in [-0.4, -0.2) is 54.3 Å². The molecule has 2 aliphatic heterocycles. The topological polar surface area (TPSA) is 82.1 Å². The fourth-order valence-electron chi connectivity index (χ4n) is 4.31.